The standard InChI is InChI=1S/C12H14F2O4/c1-12(2,3)18-10(16)7-4-5-9(8(15)6-7)17-11(13)14/h4-6,11,15H,1-3H3. The zero-order chi connectivity index (χ0) is 13.9. The lowest BCUT2D eigenvalue weighted by molar-refractivity contribution is -0.0512. The summed E-state index contributed by atoms with van der Waals surface area (Å²) in [6, 6.07) is 3.35. The Balaban J connectivity index is 2.87. The molecule has 0 aliphatic rings. The van der Waals surface area contributed by atoms with Gasteiger partial charge in [-0.25, -0.2) is 4.79 Å². The van der Waals surface area contributed by atoms with Gasteiger partial charge in [-0.05, 0) is 39.0 Å². The molecule has 1 aromatic rings. The van der Waals surface area contributed by atoms with Crippen LogP contribution in [0.4, 0.5) is 8.78 Å². The number of alkyl halides is 2. The van der Waals surface area contributed by atoms with E-state index in [1.807, 2.05) is 0 Å². The van der Waals surface area contributed by atoms with Gasteiger partial charge in [-0.15, -0.1) is 0 Å². The molecule has 0 atom stereocenters. The number of ether oxygens (including phenoxy) is 2. The van der Waals surface area contributed by atoms with E-state index in [9.17, 15) is 18.7 Å². The summed E-state index contributed by atoms with van der Waals surface area (Å²) in [6.07, 6.45) is 0. The highest BCUT2D eigenvalue weighted by Gasteiger charge is 2.19. The number of halogens is 2. The lowest BCUT2D eigenvalue weighted by Crippen LogP contribution is -2.23. The Morgan fingerprint density at radius 1 is 1.33 bits per heavy atom. The predicted molar refractivity (Wildman–Crippen MR) is 59.9 cm³/mol. The Morgan fingerprint density at radius 2 is 1.94 bits per heavy atom. The average Bonchev–Trinajstić information content (AvgIpc) is 2.17. The first-order chi connectivity index (χ1) is 8.19. The van der Waals surface area contributed by atoms with E-state index in [4.69, 9.17) is 4.74 Å². The monoisotopic (exact) mass is 260 g/mol. The maximum atomic E-state index is 12.0. The van der Waals surface area contributed by atoms with Gasteiger partial charge in [0.25, 0.3) is 0 Å². The highest BCUT2D eigenvalue weighted by atomic mass is 19.3. The first-order valence-electron chi connectivity index (χ1n) is 5.20. The second kappa shape index (κ2) is 5.20. The maximum absolute atomic E-state index is 12.0. The molecule has 0 radical (unpaired) electrons. The Kier molecular flexibility index (Phi) is 4.11. The van der Waals surface area contributed by atoms with Crippen LogP contribution in [-0.2, 0) is 4.74 Å². The van der Waals surface area contributed by atoms with Crippen molar-refractivity contribution in [3.8, 4) is 11.5 Å². The van der Waals surface area contributed by atoms with Crippen molar-refractivity contribution in [2.24, 2.45) is 0 Å². The predicted octanol–water partition coefficient (Wildman–Crippen LogP) is 2.95. The normalized spacial score (nSPS) is 11.4. The molecule has 0 saturated carbocycles. The molecule has 0 bridgehead atoms. The fourth-order valence-electron chi connectivity index (χ4n) is 1.18. The van der Waals surface area contributed by atoms with Gasteiger partial charge < -0.3 is 14.6 Å². The van der Waals surface area contributed by atoms with E-state index in [0.29, 0.717) is 0 Å². The highest BCUT2D eigenvalue weighted by molar-refractivity contribution is 5.90. The van der Waals surface area contributed by atoms with E-state index in [0.717, 1.165) is 12.1 Å². The van der Waals surface area contributed by atoms with Crippen molar-refractivity contribution < 1.29 is 28.2 Å². The van der Waals surface area contributed by atoms with E-state index < -0.39 is 29.7 Å². The largest absolute Gasteiger partial charge is 0.504 e. The second-order valence-electron chi connectivity index (χ2n) is 4.56. The molecule has 18 heavy (non-hydrogen) atoms. The number of esters is 1. The van der Waals surface area contributed by atoms with E-state index in [-0.39, 0.29) is 5.56 Å². The van der Waals surface area contributed by atoms with Crippen molar-refractivity contribution in [2.45, 2.75) is 33.0 Å². The summed E-state index contributed by atoms with van der Waals surface area (Å²) < 4.78 is 33.0. The van der Waals surface area contributed by atoms with Gasteiger partial charge in [-0.1, -0.05) is 0 Å². The zero-order valence-corrected chi connectivity index (χ0v) is 10.2. The number of carbonyl (C=O) groups excluding carboxylic acids is 1. The SMILES string of the molecule is CC(C)(C)OC(=O)c1ccc(OC(F)F)c(O)c1. The molecule has 0 aliphatic heterocycles. The fraction of sp³-hybridized carbons (Fsp3) is 0.417. The van der Waals surface area contributed by atoms with Crippen molar-refractivity contribution >= 4 is 5.97 Å². The van der Waals surface area contributed by atoms with Crippen molar-refractivity contribution in [3.63, 3.8) is 0 Å². The number of phenolic OH excluding ortho intramolecular Hbond substituents is 1. The molecule has 0 unspecified atom stereocenters. The molecule has 0 fully saturated rings. The third-order valence-electron chi connectivity index (χ3n) is 1.81. The molecule has 0 aliphatic carbocycles. The molecule has 4 nitrogen and oxygen atoms in total. The van der Waals surface area contributed by atoms with Gasteiger partial charge in [0.2, 0.25) is 0 Å². The van der Waals surface area contributed by atoms with Crippen LogP contribution in [0.15, 0.2) is 18.2 Å². The summed E-state index contributed by atoms with van der Waals surface area (Å²) in [7, 11) is 0. The molecule has 1 N–H and O–H groups in total. The first-order valence-corrected chi connectivity index (χ1v) is 5.20. The zero-order valence-electron chi connectivity index (χ0n) is 10.2. The maximum Gasteiger partial charge on any atom is 0.387 e. The van der Waals surface area contributed by atoms with Crippen LogP contribution in [0.1, 0.15) is 31.1 Å². The Labute approximate surface area is 103 Å². The number of hydrogen-bond acceptors (Lipinski definition) is 4. The molecule has 0 aromatic heterocycles. The third kappa shape index (κ3) is 4.20. The van der Waals surface area contributed by atoms with Gasteiger partial charge in [0.1, 0.15) is 5.60 Å². The average molecular weight is 260 g/mol. The van der Waals surface area contributed by atoms with Crippen LogP contribution in [0.5, 0.6) is 11.5 Å². The first kappa shape index (κ1) is 14.2. The molecular formula is C12H14F2O4. The summed E-state index contributed by atoms with van der Waals surface area (Å²) >= 11 is 0. The summed E-state index contributed by atoms with van der Waals surface area (Å²) in [4.78, 5) is 11.6. The van der Waals surface area contributed by atoms with E-state index in [1.165, 1.54) is 6.07 Å². The minimum absolute atomic E-state index is 0.0593. The van der Waals surface area contributed by atoms with Gasteiger partial charge in [0, 0.05) is 0 Å². The lowest BCUT2D eigenvalue weighted by Gasteiger charge is -2.19. The summed E-state index contributed by atoms with van der Waals surface area (Å²) in [5.41, 5.74) is -0.616. The van der Waals surface area contributed by atoms with E-state index in [1.54, 1.807) is 20.8 Å². The smallest absolute Gasteiger partial charge is 0.387 e. The van der Waals surface area contributed by atoms with Crippen LogP contribution in [-0.4, -0.2) is 23.3 Å². The molecule has 0 heterocycles. The topological polar surface area (TPSA) is 55.8 Å². The Hall–Kier alpha value is -1.85. The van der Waals surface area contributed by atoms with Gasteiger partial charge in [-0.3, -0.25) is 0 Å². The molecular weight excluding hydrogens is 246 g/mol. The van der Waals surface area contributed by atoms with Crippen LogP contribution in [0.3, 0.4) is 0 Å². The second-order valence-corrected chi connectivity index (χ2v) is 4.56. The summed E-state index contributed by atoms with van der Waals surface area (Å²) in [5.74, 6) is -1.59. The van der Waals surface area contributed by atoms with Crippen LogP contribution >= 0.6 is 0 Å². The molecule has 0 amide bonds. The molecule has 1 aromatic carbocycles. The minimum Gasteiger partial charge on any atom is -0.504 e. The quantitative estimate of drug-likeness (QED) is 0.849. The number of phenols is 1. The van der Waals surface area contributed by atoms with Gasteiger partial charge in [0.15, 0.2) is 11.5 Å². The Morgan fingerprint density at radius 3 is 2.39 bits per heavy atom. The summed E-state index contributed by atoms with van der Waals surface area (Å²) in [6.45, 7) is 2.04. The summed E-state index contributed by atoms with van der Waals surface area (Å²) in [5, 5.41) is 9.42. The molecule has 0 saturated heterocycles. The van der Waals surface area contributed by atoms with Crippen LogP contribution in [0.25, 0.3) is 0 Å². The fourth-order valence-corrected chi connectivity index (χ4v) is 1.18. The van der Waals surface area contributed by atoms with Gasteiger partial charge >= 0.3 is 12.6 Å². The van der Waals surface area contributed by atoms with Crippen molar-refractivity contribution in [2.75, 3.05) is 0 Å². The van der Waals surface area contributed by atoms with Crippen molar-refractivity contribution in [1.29, 1.82) is 0 Å². The Bertz CT molecular complexity index is 438. The number of carbonyl (C=O) groups is 1. The minimum atomic E-state index is -3.04. The number of rotatable bonds is 3. The van der Waals surface area contributed by atoms with Gasteiger partial charge in [-0.2, -0.15) is 8.78 Å². The molecule has 6 heteroatoms. The van der Waals surface area contributed by atoms with Crippen LogP contribution in [0.2, 0.25) is 0 Å². The molecule has 100 valence electrons. The van der Waals surface area contributed by atoms with Gasteiger partial charge in [0.05, 0.1) is 5.56 Å². The van der Waals surface area contributed by atoms with E-state index >= 15 is 0 Å². The number of hydrogen-bond donors (Lipinski definition) is 1. The molecule has 0 spiro atoms. The van der Waals surface area contributed by atoms with Crippen LogP contribution < -0.4 is 4.74 Å². The molecule has 1 rings (SSSR count). The number of aromatic hydroxyl groups is 1. The van der Waals surface area contributed by atoms with E-state index in [2.05, 4.69) is 4.74 Å². The van der Waals surface area contributed by atoms with Crippen molar-refractivity contribution in [1.82, 2.24) is 0 Å². The lowest BCUT2D eigenvalue weighted by atomic mass is 10.1. The third-order valence-corrected chi connectivity index (χ3v) is 1.81. The van der Waals surface area contributed by atoms with Crippen molar-refractivity contribution in [3.05, 3.63) is 23.8 Å². The van der Waals surface area contributed by atoms with Crippen LogP contribution in [0, 0.1) is 0 Å². The highest BCUT2D eigenvalue weighted by Crippen LogP contribution is 2.28. The number of benzene rings is 1.